The highest BCUT2D eigenvalue weighted by Crippen LogP contribution is 1.73. The summed E-state index contributed by atoms with van der Waals surface area (Å²) in [6.45, 7) is 0.514. The summed E-state index contributed by atoms with van der Waals surface area (Å²) in [6, 6.07) is 0. The van der Waals surface area contributed by atoms with Crippen LogP contribution in [0.25, 0.3) is 0 Å². The van der Waals surface area contributed by atoms with E-state index in [0.29, 0.717) is 6.54 Å². The van der Waals surface area contributed by atoms with Gasteiger partial charge in [-0.2, -0.15) is 0 Å². The smallest absolute Gasteiger partial charge is 0.404 e. The van der Waals surface area contributed by atoms with E-state index >= 15 is 0 Å². The summed E-state index contributed by atoms with van der Waals surface area (Å²) in [5, 5.41) is 10.1. The van der Waals surface area contributed by atoms with Crippen LogP contribution in [0.5, 0.6) is 0 Å². The van der Waals surface area contributed by atoms with Crippen LogP contribution >= 0.6 is 9.24 Å². The predicted molar refractivity (Wildman–Crippen MR) is 30.6 cm³/mol. The van der Waals surface area contributed by atoms with Crippen molar-refractivity contribution in [2.24, 2.45) is 0 Å². The first-order valence-corrected chi connectivity index (χ1v) is 2.76. The van der Waals surface area contributed by atoms with E-state index in [2.05, 4.69) is 14.6 Å². The summed E-state index contributed by atoms with van der Waals surface area (Å²) in [4.78, 5) is 9.64. The number of amides is 1. The van der Waals surface area contributed by atoms with Gasteiger partial charge in [-0.3, -0.25) is 0 Å². The molecule has 1 unspecified atom stereocenters. The SMILES string of the molecule is O=C(O)NCCP. The lowest BCUT2D eigenvalue weighted by atomic mass is 10.7. The fraction of sp³-hybridized carbons (Fsp3) is 0.667. The number of carboxylic acid groups (broad SMARTS) is 1. The van der Waals surface area contributed by atoms with Gasteiger partial charge in [-0.1, -0.05) is 0 Å². The molecule has 7 heavy (non-hydrogen) atoms. The number of carbonyl (C=O) groups is 1. The summed E-state index contributed by atoms with van der Waals surface area (Å²) in [6.07, 6.45) is -0.186. The molecular weight excluding hydrogens is 113 g/mol. The molecule has 0 aliphatic heterocycles. The molecule has 0 aromatic heterocycles. The van der Waals surface area contributed by atoms with E-state index in [9.17, 15) is 4.79 Å². The lowest BCUT2D eigenvalue weighted by Crippen LogP contribution is -2.22. The lowest BCUT2D eigenvalue weighted by Gasteiger charge is -1.91. The Balaban J connectivity index is 2.82. The highest BCUT2D eigenvalue weighted by molar-refractivity contribution is 7.16. The number of nitrogens with one attached hydrogen (secondary N) is 1. The monoisotopic (exact) mass is 121 g/mol. The van der Waals surface area contributed by atoms with E-state index in [-0.39, 0.29) is 0 Å². The molecule has 0 aliphatic carbocycles. The van der Waals surface area contributed by atoms with E-state index in [1.165, 1.54) is 0 Å². The first-order valence-electron chi connectivity index (χ1n) is 1.94. The van der Waals surface area contributed by atoms with Gasteiger partial charge in [0.15, 0.2) is 0 Å². The molecule has 0 radical (unpaired) electrons. The second-order valence-corrected chi connectivity index (χ2v) is 1.60. The molecule has 4 heteroatoms. The Morgan fingerprint density at radius 2 is 2.43 bits per heavy atom. The third kappa shape index (κ3) is 5.70. The first kappa shape index (κ1) is 6.70. The van der Waals surface area contributed by atoms with Gasteiger partial charge in [0.25, 0.3) is 0 Å². The molecule has 0 rings (SSSR count). The second kappa shape index (κ2) is 3.88. The minimum absolute atomic E-state index is 0.514. The molecule has 2 N–H and O–H groups in total. The number of hydrogen-bond donors (Lipinski definition) is 2. The van der Waals surface area contributed by atoms with Crippen LogP contribution in [-0.4, -0.2) is 23.9 Å². The van der Waals surface area contributed by atoms with Gasteiger partial charge in [0.1, 0.15) is 0 Å². The zero-order valence-electron chi connectivity index (χ0n) is 3.85. The fourth-order valence-corrected chi connectivity index (χ4v) is 0.323. The van der Waals surface area contributed by atoms with E-state index < -0.39 is 6.09 Å². The lowest BCUT2D eigenvalue weighted by molar-refractivity contribution is 0.195. The molecule has 1 amide bonds. The zero-order valence-corrected chi connectivity index (χ0v) is 5.00. The normalized spacial score (nSPS) is 8.14. The number of rotatable bonds is 2. The molecule has 0 fully saturated rings. The maximum absolute atomic E-state index is 9.64. The summed E-state index contributed by atoms with van der Waals surface area (Å²) in [5.41, 5.74) is 0. The molecule has 0 heterocycles. The third-order valence-corrected chi connectivity index (χ3v) is 0.709. The second-order valence-electron chi connectivity index (χ2n) is 1.02. The van der Waals surface area contributed by atoms with Crippen LogP contribution in [0.15, 0.2) is 0 Å². The van der Waals surface area contributed by atoms with Crippen LogP contribution in [0, 0.1) is 0 Å². The molecular formula is C3H8NO2P. The summed E-state index contributed by atoms with van der Waals surface area (Å²) < 4.78 is 0. The van der Waals surface area contributed by atoms with Crippen molar-refractivity contribution < 1.29 is 9.90 Å². The van der Waals surface area contributed by atoms with Crippen LogP contribution in [0.3, 0.4) is 0 Å². The van der Waals surface area contributed by atoms with Gasteiger partial charge in [-0.25, -0.2) is 4.79 Å². The van der Waals surface area contributed by atoms with Gasteiger partial charge in [-0.05, 0) is 6.16 Å². The average molecular weight is 121 g/mol. The Hall–Kier alpha value is -0.300. The third-order valence-electron chi connectivity index (χ3n) is 0.421. The van der Waals surface area contributed by atoms with Gasteiger partial charge >= 0.3 is 6.09 Å². The molecule has 0 spiro atoms. The Morgan fingerprint density at radius 1 is 1.86 bits per heavy atom. The van der Waals surface area contributed by atoms with Gasteiger partial charge in [-0.15, -0.1) is 9.24 Å². The molecule has 0 saturated heterocycles. The Morgan fingerprint density at radius 3 is 2.57 bits per heavy atom. The standard InChI is InChI=1S/C3H8NO2P/c5-3(6)4-1-2-7/h4H,1-2,7H2,(H,5,6). The summed E-state index contributed by atoms with van der Waals surface area (Å²) in [7, 11) is 2.42. The highest BCUT2D eigenvalue weighted by atomic mass is 31.0. The van der Waals surface area contributed by atoms with Gasteiger partial charge < -0.3 is 10.4 Å². The molecule has 3 nitrogen and oxygen atoms in total. The molecule has 0 bridgehead atoms. The van der Waals surface area contributed by atoms with Crippen molar-refractivity contribution in [2.45, 2.75) is 0 Å². The van der Waals surface area contributed by atoms with Crippen molar-refractivity contribution in [1.29, 1.82) is 0 Å². The Kier molecular flexibility index (Phi) is 3.71. The van der Waals surface area contributed by atoms with Crippen LogP contribution in [0.4, 0.5) is 4.79 Å². The molecule has 0 aromatic carbocycles. The van der Waals surface area contributed by atoms with Crippen LogP contribution in [0.1, 0.15) is 0 Å². The minimum Gasteiger partial charge on any atom is -0.465 e. The Bertz CT molecular complexity index is 66.0. The van der Waals surface area contributed by atoms with E-state index in [1.54, 1.807) is 0 Å². The Labute approximate surface area is 44.3 Å². The average Bonchev–Trinajstić information content (AvgIpc) is 1.61. The van der Waals surface area contributed by atoms with Crippen molar-refractivity contribution in [3.8, 4) is 0 Å². The van der Waals surface area contributed by atoms with Crippen LogP contribution < -0.4 is 5.32 Å². The van der Waals surface area contributed by atoms with Crippen molar-refractivity contribution in [2.75, 3.05) is 12.7 Å². The molecule has 0 aromatic rings. The van der Waals surface area contributed by atoms with Crippen molar-refractivity contribution in [3.05, 3.63) is 0 Å². The first-order chi connectivity index (χ1) is 3.27. The molecule has 1 atom stereocenters. The zero-order chi connectivity index (χ0) is 5.70. The van der Waals surface area contributed by atoms with Crippen LogP contribution in [-0.2, 0) is 0 Å². The van der Waals surface area contributed by atoms with Crippen molar-refractivity contribution in [1.82, 2.24) is 5.32 Å². The maximum Gasteiger partial charge on any atom is 0.404 e. The van der Waals surface area contributed by atoms with Gasteiger partial charge in [0.05, 0.1) is 0 Å². The fourth-order valence-electron chi connectivity index (χ4n) is 0.179. The number of hydrogen-bond acceptors (Lipinski definition) is 1. The van der Waals surface area contributed by atoms with Crippen LogP contribution in [0.2, 0.25) is 0 Å². The van der Waals surface area contributed by atoms with E-state index in [4.69, 9.17) is 5.11 Å². The largest absolute Gasteiger partial charge is 0.465 e. The summed E-state index contributed by atoms with van der Waals surface area (Å²) >= 11 is 0. The van der Waals surface area contributed by atoms with Gasteiger partial charge in [0, 0.05) is 6.54 Å². The van der Waals surface area contributed by atoms with Crippen molar-refractivity contribution >= 4 is 15.3 Å². The quantitative estimate of drug-likeness (QED) is 0.510. The molecule has 42 valence electrons. The topological polar surface area (TPSA) is 49.3 Å². The minimum atomic E-state index is -0.956. The highest BCUT2D eigenvalue weighted by Gasteiger charge is 1.86. The maximum atomic E-state index is 9.64. The predicted octanol–water partition coefficient (Wildman–Crippen LogP) is 0.129. The van der Waals surface area contributed by atoms with E-state index in [0.717, 1.165) is 6.16 Å². The molecule has 0 saturated carbocycles. The molecule has 0 aliphatic rings. The van der Waals surface area contributed by atoms with Gasteiger partial charge in [0.2, 0.25) is 0 Å². The van der Waals surface area contributed by atoms with E-state index in [1.807, 2.05) is 0 Å². The summed E-state index contributed by atoms with van der Waals surface area (Å²) in [5.74, 6) is 0. The van der Waals surface area contributed by atoms with Crippen molar-refractivity contribution in [3.63, 3.8) is 0 Å².